The summed E-state index contributed by atoms with van der Waals surface area (Å²) >= 11 is 0. The second kappa shape index (κ2) is 33.1. The third kappa shape index (κ3) is 21.7. The van der Waals surface area contributed by atoms with Gasteiger partial charge in [0.05, 0.1) is 17.0 Å². The molecule has 1 aliphatic heterocycles. The number of imide groups is 1. The molecule has 3 aromatic rings. The van der Waals surface area contributed by atoms with Crippen molar-refractivity contribution in [2.75, 3.05) is 32.5 Å². The first-order valence-electron chi connectivity index (χ1n) is 29.4. The number of sulfonamides is 1. The summed E-state index contributed by atoms with van der Waals surface area (Å²) < 4.78 is 34.4. The van der Waals surface area contributed by atoms with E-state index in [-0.39, 0.29) is 91.4 Å². The Morgan fingerprint density at radius 1 is 0.716 bits per heavy atom. The maximum Gasteiger partial charge on any atom is 0.407 e. The summed E-state index contributed by atoms with van der Waals surface area (Å²) in [7, 11) is -1.11. The predicted octanol–water partition coefficient (Wildman–Crippen LogP) is 4.94. The molecule has 1 aliphatic rings. The van der Waals surface area contributed by atoms with Crippen LogP contribution in [0.15, 0.2) is 108 Å². The number of rotatable bonds is 32. The van der Waals surface area contributed by atoms with Crippen molar-refractivity contribution in [3.05, 3.63) is 119 Å². The molecule has 4 rings (SSSR count). The number of amides is 11. The zero-order valence-corrected chi connectivity index (χ0v) is 53.4. The lowest BCUT2D eigenvalue weighted by Gasteiger charge is -2.40. The number of nitrogens with two attached hydrogens (primary N) is 1. The second-order valence-electron chi connectivity index (χ2n) is 24.1. The van der Waals surface area contributed by atoms with E-state index < -0.39 is 86.8 Å². The van der Waals surface area contributed by atoms with Gasteiger partial charge in [0.15, 0.2) is 0 Å². The topological polar surface area (TPSA) is 343 Å². The van der Waals surface area contributed by atoms with Crippen LogP contribution in [0.3, 0.4) is 0 Å². The molecular formula is C63H89N11O13S. The number of carbonyl (C=O) groups is 10. The molecule has 11 amide bonds. The molecule has 25 heteroatoms. The summed E-state index contributed by atoms with van der Waals surface area (Å²) in [6.07, 6.45) is 5.13. The lowest BCUT2D eigenvalue weighted by atomic mass is 9.76. The molecule has 0 fully saturated rings. The third-order valence-corrected chi connectivity index (χ3v) is 16.3. The minimum absolute atomic E-state index is 0.0342. The first-order valence-corrected chi connectivity index (χ1v) is 30.9. The molecule has 0 radical (unpaired) electrons. The van der Waals surface area contributed by atoms with Gasteiger partial charge in [-0.2, -0.15) is 0 Å². The molecule has 0 aromatic heterocycles. The van der Waals surface area contributed by atoms with Gasteiger partial charge < -0.3 is 52.6 Å². The smallest absolute Gasteiger partial charge is 0.407 e. The van der Waals surface area contributed by atoms with E-state index in [0.29, 0.717) is 36.1 Å². The van der Waals surface area contributed by atoms with Crippen LogP contribution >= 0.6 is 0 Å². The number of anilines is 1. The average molecular weight is 1240 g/mol. The summed E-state index contributed by atoms with van der Waals surface area (Å²) in [5.74, 6) is -4.59. The van der Waals surface area contributed by atoms with E-state index in [1.54, 1.807) is 52.2 Å². The molecule has 0 aliphatic carbocycles. The molecule has 88 heavy (non-hydrogen) atoms. The predicted molar refractivity (Wildman–Crippen MR) is 333 cm³/mol. The number of alkyl carbamates (subject to hydrolysis) is 1. The molecule has 1 heterocycles. The highest BCUT2D eigenvalue weighted by atomic mass is 32.2. The Kier molecular flexibility index (Phi) is 27.1. The van der Waals surface area contributed by atoms with E-state index in [1.807, 2.05) is 78.8 Å². The number of hydrogen-bond donors (Lipinski definition) is 9. The van der Waals surface area contributed by atoms with Crippen LogP contribution in [0.4, 0.5) is 15.3 Å². The fraction of sp³-hybridized carbons (Fsp3) is 0.492. The van der Waals surface area contributed by atoms with Crippen LogP contribution in [0.25, 0.3) is 0 Å². The maximum atomic E-state index is 14.4. The fourth-order valence-corrected chi connectivity index (χ4v) is 10.7. The van der Waals surface area contributed by atoms with Gasteiger partial charge in [0.1, 0.15) is 24.7 Å². The standard InChI is InChI=1S/C63H89N11O13S/c1-39(2)48(73(12)59(82)54(62(6,7)8)71-58(81)53(65-11)63(9,10)44-20-15-13-16-21-44)36-41(5)55(78)72-88(85,86)46-30-26-42(27-31-46)37-67-61(84)87-38-43-24-28-45(29-25-43)68-56(79)47(22-19-34-66-60(64)83)69-57(80)52(40(3)4)70-49(75)23-17-14-18-35-74-50(76)32-33-51(74)77/h13,15-16,20-21,24-33,36,39-40,47-48,52-54,65H,14,17-19,22-23,34-35,37-38H2,1-12H3,(H,67,84)(H,68,79)(H,69,80)(H,70,75)(H,71,81)(H,72,78)(H3,64,66,83)/b41-36+/t47-,48-,52-,53-,54-/m1/s1. The van der Waals surface area contributed by atoms with Gasteiger partial charge in [0.25, 0.3) is 27.7 Å². The molecule has 0 saturated heterocycles. The number of hydrogen-bond acceptors (Lipinski definition) is 14. The van der Waals surface area contributed by atoms with E-state index in [1.165, 1.54) is 54.3 Å². The minimum Gasteiger partial charge on any atom is -0.445 e. The van der Waals surface area contributed by atoms with Crippen molar-refractivity contribution in [1.82, 2.24) is 46.4 Å². The first kappa shape index (κ1) is 72.0. The molecule has 3 aromatic carbocycles. The van der Waals surface area contributed by atoms with Crippen molar-refractivity contribution < 1.29 is 61.1 Å². The Morgan fingerprint density at radius 2 is 1.33 bits per heavy atom. The van der Waals surface area contributed by atoms with Gasteiger partial charge in [-0.3, -0.25) is 43.3 Å². The zero-order valence-electron chi connectivity index (χ0n) is 52.5. The number of nitrogens with one attached hydrogen (secondary N) is 8. The van der Waals surface area contributed by atoms with Crippen molar-refractivity contribution in [2.45, 2.75) is 161 Å². The van der Waals surface area contributed by atoms with Gasteiger partial charge in [-0.15, -0.1) is 0 Å². The monoisotopic (exact) mass is 1240 g/mol. The molecule has 0 spiro atoms. The summed E-state index contributed by atoms with van der Waals surface area (Å²) in [4.78, 5) is 132. The highest BCUT2D eigenvalue weighted by Crippen LogP contribution is 2.29. The Labute approximate surface area is 516 Å². The number of benzene rings is 3. The highest BCUT2D eigenvalue weighted by molar-refractivity contribution is 7.90. The van der Waals surface area contributed by atoms with Gasteiger partial charge in [-0.25, -0.2) is 22.7 Å². The van der Waals surface area contributed by atoms with Gasteiger partial charge in [-0.05, 0) is 97.9 Å². The Balaban J connectivity index is 1.29. The van der Waals surface area contributed by atoms with E-state index in [4.69, 9.17) is 10.5 Å². The molecular weight excluding hydrogens is 1150 g/mol. The van der Waals surface area contributed by atoms with E-state index in [9.17, 15) is 56.4 Å². The molecule has 0 unspecified atom stereocenters. The maximum absolute atomic E-state index is 14.4. The van der Waals surface area contributed by atoms with Gasteiger partial charge in [0.2, 0.25) is 29.5 Å². The summed E-state index contributed by atoms with van der Waals surface area (Å²) in [5.41, 5.74) is 6.20. The largest absolute Gasteiger partial charge is 0.445 e. The van der Waals surface area contributed by atoms with Crippen LogP contribution in [0.1, 0.15) is 124 Å². The van der Waals surface area contributed by atoms with Crippen LogP contribution in [0.5, 0.6) is 0 Å². The van der Waals surface area contributed by atoms with Crippen molar-refractivity contribution in [2.24, 2.45) is 23.0 Å². The SMILES string of the molecule is CN[C@H](C(=O)N[C@H](C(=O)N(C)[C@H](/C=C(\C)C(=O)NS(=O)(=O)c1ccc(CNC(=O)OCc2ccc(NC(=O)[C@@H](CCCNC(N)=O)NC(=O)[C@H](NC(=O)CCCCCN3C(=O)C=CC3=O)C(C)C)cc2)cc1)C(C)C)C(C)(C)C)C(C)(C)c1ccccc1. The van der Waals surface area contributed by atoms with Crippen molar-refractivity contribution in [3.63, 3.8) is 0 Å². The quantitative estimate of drug-likeness (QED) is 0.0227. The van der Waals surface area contributed by atoms with Gasteiger partial charge >= 0.3 is 12.1 Å². The van der Waals surface area contributed by atoms with Crippen LogP contribution in [-0.4, -0.2) is 135 Å². The zero-order chi connectivity index (χ0) is 65.7. The summed E-state index contributed by atoms with van der Waals surface area (Å²) in [6, 6.07) is 16.2. The summed E-state index contributed by atoms with van der Waals surface area (Å²) in [6.45, 7) is 18.2. The van der Waals surface area contributed by atoms with Crippen molar-refractivity contribution in [3.8, 4) is 0 Å². The number of nitrogens with zero attached hydrogens (tertiary/aromatic N) is 2. The molecule has 0 saturated carbocycles. The van der Waals surface area contributed by atoms with Crippen molar-refractivity contribution in [1.29, 1.82) is 0 Å². The third-order valence-electron chi connectivity index (χ3n) is 15.0. The molecule has 10 N–H and O–H groups in total. The fourth-order valence-electron chi connectivity index (χ4n) is 9.71. The number of unbranched alkanes of at least 4 members (excludes halogenated alkanes) is 2. The van der Waals surface area contributed by atoms with Crippen molar-refractivity contribution >= 4 is 75.1 Å². The average Bonchev–Trinajstić information content (AvgIpc) is 1.41. The second-order valence-corrected chi connectivity index (χ2v) is 25.8. The van der Waals surface area contributed by atoms with Crippen LogP contribution < -0.4 is 47.7 Å². The van der Waals surface area contributed by atoms with Gasteiger partial charge in [-0.1, -0.05) is 129 Å². The minimum atomic E-state index is -4.39. The molecule has 24 nitrogen and oxygen atoms in total. The number of primary amides is 1. The normalized spacial score (nSPS) is 14.5. The van der Waals surface area contributed by atoms with Crippen LogP contribution in [-0.2, 0) is 71.7 Å². The van der Waals surface area contributed by atoms with Gasteiger partial charge in [0, 0.05) is 61.9 Å². The lowest BCUT2D eigenvalue weighted by Crippen LogP contribution is -2.61. The number of urea groups is 1. The number of ether oxygens (including phenoxy) is 1. The molecule has 0 bridgehead atoms. The highest BCUT2D eigenvalue weighted by Gasteiger charge is 2.42. The van der Waals surface area contributed by atoms with Crippen LogP contribution in [0, 0.1) is 17.3 Å². The first-order chi connectivity index (χ1) is 41.3. The Hall–Kier alpha value is -8.45. The van der Waals surface area contributed by atoms with E-state index >= 15 is 0 Å². The molecule has 480 valence electrons. The van der Waals surface area contributed by atoms with E-state index in [2.05, 4.69) is 41.9 Å². The number of likely N-dealkylation sites (N-methyl/N-ethyl adjacent to an activating group) is 2. The number of carbonyl (C=O) groups excluding carboxylic acids is 10. The van der Waals surface area contributed by atoms with E-state index in [0.717, 1.165) is 10.5 Å². The Bertz CT molecular complexity index is 3110. The summed E-state index contributed by atoms with van der Waals surface area (Å²) in [5, 5.41) is 19.4. The molecule has 5 atom stereocenters. The Morgan fingerprint density at radius 3 is 1.90 bits per heavy atom. The lowest BCUT2D eigenvalue weighted by molar-refractivity contribution is -0.141. The van der Waals surface area contributed by atoms with Crippen LogP contribution in [0.2, 0.25) is 0 Å².